The Morgan fingerprint density at radius 3 is 3.10 bits per heavy atom. The number of aromatic nitrogens is 2. The van der Waals surface area contributed by atoms with Gasteiger partial charge in [-0.05, 0) is 25.7 Å². The molecule has 6 nitrogen and oxygen atoms in total. The highest BCUT2D eigenvalue weighted by atomic mass is 16.3. The van der Waals surface area contributed by atoms with Crippen LogP contribution in [0.25, 0.3) is 0 Å². The van der Waals surface area contributed by atoms with E-state index in [1.54, 1.807) is 6.20 Å². The molecule has 0 aromatic carbocycles. The number of nitrogens with one attached hydrogen (secondary N) is 1. The maximum absolute atomic E-state index is 12.9. The largest absolute Gasteiger partial charge is 0.393 e. The van der Waals surface area contributed by atoms with E-state index in [1.165, 1.54) is 0 Å². The minimum absolute atomic E-state index is 0.0638. The summed E-state index contributed by atoms with van der Waals surface area (Å²) in [5.41, 5.74) is 1.68. The van der Waals surface area contributed by atoms with Gasteiger partial charge >= 0.3 is 0 Å². The van der Waals surface area contributed by atoms with Crippen LogP contribution in [0, 0.1) is 0 Å². The van der Waals surface area contributed by atoms with Crippen LogP contribution in [0.2, 0.25) is 0 Å². The van der Waals surface area contributed by atoms with Crippen LogP contribution >= 0.6 is 0 Å². The van der Waals surface area contributed by atoms with Gasteiger partial charge in [0.15, 0.2) is 0 Å². The van der Waals surface area contributed by atoms with Crippen molar-refractivity contribution in [2.75, 3.05) is 13.1 Å². The normalized spacial score (nSPS) is 27.4. The van der Waals surface area contributed by atoms with Crippen LogP contribution in [-0.2, 0) is 13.1 Å². The van der Waals surface area contributed by atoms with Crippen LogP contribution in [0.1, 0.15) is 41.7 Å². The molecule has 0 bridgehead atoms. The number of rotatable bonds is 1. The molecule has 0 radical (unpaired) electrons. The number of carbonyl (C=O) groups excluding carboxylic acids is 1. The van der Waals surface area contributed by atoms with Gasteiger partial charge in [-0.3, -0.25) is 9.48 Å². The fourth-order valence-corrected chi connectivity index (χ4v) is 3.61. The molecule has 2 fully saturated rings. The van der Waals surface area contributed by atoms with Crippen LogP contribution in [0.15, 0.2) is 6.20 Å². The van der Waals surface area contributed by atoms with Gasteiger partial charge in [0.05, 0.1) is 30.1 Å². The molecule has 6 heteroatoms. The first-order valence-corrected chi connectivity index (χ1v) is 7.45. The second-order valence-corrected chi connectivity index (χ2v) is 6.23. The van der Waals surface area contributed by atoms with Crippen molar-refractivity contribution in [1.29, 1.82) is 0 Å². The number of hydrogen-bond donors (Lipinski definition) is 2. The van der Waals surface area contributed by atoms with Crippen LogP contribution in [0.3, 0.4) is 0 Å². The summed E-state index contributed by atoms with van der Waals surface area (Å²) < 4.78 is 1.93. The van der Waals surface area contributed by atoms with Gasteiger partial charge in [-0.2, -0.15) is 5.10 Å². The van der Waals surface area contributed by atoms with Crippen LogP contribution in [0.4, 0.5) is 0 Å². The molecule has 1 aromatic rings. The van der Waals surface area contributed by atoms with E-state index in [4.69, 9.17) is 0 Å². The summed E-state index contributed by atoms with van der Waals surface area (Å²) in [4.78, 5) is 14.9. The molecule has 1 aromatic heterocycles. The lowest BCUT2D eigenvalue weighted by Crippen LogP contribution is -2.49. The number of amides is 1. The topological polar surface area (TPSA) is 70.4 Å². The summed E-state index contributed by atoms with van der Waals surface area (Å²) in [7, 11) is 0. The highest BCUT2D eigenvalue weighted by molar-refractivity contribution is 5.96. The quantitative estimate of drug-likeness (QED) is 0.764. The summed E-state index contributed by atoms with van der Waals surface area (Å²) in [5.74, 6) is 0.0966. The highest BCUT2D eigenvalue weighted by Gasteiger charge is 2.53. The lowest BCUT2D eigenvalue weighted by atomic mass is 9.96. The number of likely N-dealkylation sites (tertiary alicyclic amines) is 1. The van der Waals surface area contributed by atoms with Crippen molar-refractivity contribution < 1.29 is 9.90 Å². The number of aliphatic hydroxyl groups excluding tert-OH is 1. The molecule has 1 saturated heterocycles. The van der Waals surface area contributed by atoms with Gasteiger partial charge in [0, 0.05) is 25.2 Å². The summed E-state index contributed by atoms with van der Waals surface area (Å²) in [5, 5.41) is 17.5. The minimum atomic E-state index is -0.246. The Hall–Kier alpha value is -1.40. The zero-order valence-corrected chi connectivity index (χ0v) is 11.5. The van der Waals surface area contributed by atoms with Gasteiger partial charge in [0.2, 0.25) is 0 Å². The Labute approximate surface area is 117 Å². The smallest absolute Gasteiger partial charge is 0.257 e. The van der Waals surface area contributed by atoms with E-state index in [1.807, 2.05) is 9.58 Å². The molecule has 1 spiro atoms. The first-order valence-electron chi connectivity index (χ1n) is 7.45. The number of piperidine rings is 1. The van der Waals surface area contributed by atoms with E-state index in [0.29, 0.717) is 19.5 Å². The van der Waals surface area contributed by atoms with Gasteiger partial charge in [0.1, 0.15) is 0 Å². The van der Waals surface area contributed by atoms with E-state index >= 15 is 0 Å². The van der Waals surface area contributed by atoms with E-state index in [9.17, 15) is 9.90 Å². The molecule has 1 unspecified atom stereocenters. The molecule has 4 rings (SSSR count). The van der Waals surface area contributed by atoms with Gasteiger partial charge in [-0.1, -0.05) is 0 Å². The zero-order valence-electron chi connectivity index (χ0n) is 11.5. The SMILES string of the molecule is O=C(c1cnn2c1CNCC2)N1CCC(O)CC12CC2. The van der Waals surface area contributed by atoms with Crippen molar-refractivity contribution in [2.24, 2.45) is 0 Å². The summed E-state index contributed by atoms with van der Waals surface area (Å²) >= 11 is 0. The third-order valence-electron chi connectivity index (χ3n) is 4.92. The highest BCUT2D eigenvalue weighted by Crippen LogP contribution is 2.49. The fraction of sp³-hybridized carbons (Fsp3) is 0.714. The predicted molar refractivity (Wildman–Crippen MR) is 72.2 cm³/mol. The summed E-state index contributed by atoms with van der Waals surface area (Å²) in [6, 6.07) is 0. The molecular formula is C14H20N4O2. The van der Waals surface area contributed by atoms with Crippen molar-refractivity contribution in [1.82, 2.24) is 20.0 Å². The minimum Gasteiger partial charge on any atom is -0.393 e. The number of hydrogen-bond acceptors (Lipinski definition) is 4. The first kappa shape index (κ1) is 12.3. The average molecular weight is 276 g/mol. The van der Waals surface area contributed by atoms with Crippen molar-refractivity contribution in [3.8, 4) is 0 Å². The number of aliphatic hydroxyl groups is 1. The molecule has 2 N–H and O–H groups in total. The van der Waals surface area contributed by atoms with E-state index in [2.05, 4.69) is 10.4 Å². The molecule has 1 amide bonds. The molecule has 20 heavy (non-hydrogen) atoms. The predicted octanol–water partition coefficient (Wildman–Crippen LogP) is 0.116. The van der Waals surface area contributed by atoms with E-state index in [0.717, 1.165) is 43.6 Å². The standard InChI is InChI=1S/C14H20N4O2/c19-10-1-5-17(14(7-10)2-3-14)13(20)11-8-16-18-6-4-15-9-12(11)18/h8,10,15,19H,1-7,9H2. The van der Waals surface area contributed by atoms with Gasteiger partial charge < -0.3 is 15.3 Å². The molecule has 3 aliphatic rings. The van der Waals surface area contributed by atoms with Crippen molar-refractivity contribution in [3.05, 3.63) is 17.5 Å². The van der Waals surface area contributed by atoms with E-state index in [-0.39, 0.29) is 17.6 Å². The number of nitrogens with zero attached hydrogens (tertiary/aromatic N) is 3. The second kappa shape index (κ2) is 4.30. The lowest BCUT2D eigenvalue weighted by molar-refractivity contribution is 0.0248. The molecule has 1 aliphatic carbocycles. The zero-order chi connectivity index (χ0) is 13.7. The van der Waals surface area contributed by atoms with Crippen molar-refractivity contribution in [2.45, 2.75) is 50.4 Å². The number of carbonyl (C=O) groups is 1. The molecule has 2 aliphatic heterocycles. The Kier molecular flexibility index (Phi) is 2.65. The average Bonchev–Trinajstić information content (AvgIpc) is 3.06. The molecular weight excluding hydrogens is 256 g/mol. The van der Waals surface area contributed by atoms with Crippen LogP contribution in [0.5, 0.6) is 0 Å². The number of fused-ring (bicyclic) bond motifs is 1. The molecule has 1 saturated carbocycles. The lowest BCUT2D eigenvalue weighted by Gasteiger charge is -2.38. The maximum Gasteiger partial charge on any atom is 0.257 e. The Balaban J connectivity index is 1.63. The fourth-order valence-electron chi connectivity index (χ4n) is 3.61. The molecule has 108 valence electrons. The Morgan fingerprint density at radius 2 is 2.30 bits per heavy atom. The van der Waals surface area contributed by atoms with E-state index < -0.39 is 0 Å². The van der Waals surface area contributed by atoms with Gasteiger partial charge in [-0.25, -0.2) is 0 Å². The second-order valence-electron chi connectivity index (χ2n) is 6.23. The van der Waals surface area contributed by atoms with Gasteiger partial charge in [-0.15, -0.1) is 0 Å². The van der Waals surface area contributed by atoms with Crippen molar-refractivity contribution >= 4 is 5.91 Å². The maximum atomic E-state index is 12.9. The van der Waals surface area contributed by atoms with Crippen LogP contribution < -0.4 is 5.32 Å². The summed E-state index contributed by atoms with van der Waals surface area (Å²) in [6.45, 7) is 3.11. The third-order valence-corrected chi connectivity index (χ3v) is 4.92. The van der Waals surface area contributed by atoms with Crippen LogP contribution in [-0.4, -0.2) is 50.4 Å². The van der Waals surface area contributed by atoms with Crippen molar-refractivity contribution in [3.63, 3.8) is 0 Å². The monoisotopic (exact) mass is 276 g/mol. The Bertz CT molecular complexity index is 549. The first-order chi connectivity index (χ1) is 9.70. The van der Waals surface area contributed by atoms with Gasteiger partial charge in [0.25, 0.3) is 5.91 Å². The third kappa shape index (κ3) is 1.78. The Morgan fingerprint density at radius 1 is 1.45 bits per heavy atom. The summed E-state index contributed by atoms with van der Waals surface area (Å²) in [6.07, 6.45) is 4.94. The molecule has 3 heterocycles. The molecule has 1 atom stereocenters.